The highest BCUT2D eigenvalue weighted by molar-refractivity contribution is 6.03. The molecule has 0 radical (unpaired) electrons. The van der Waals surface area contributed by atoms with Crippen molar-refractivity contribution in [2.45, 2.75) is 46.6 Å². The Labute approximate surface area is 180 Å². The van der Waals surface area contributed by atoms with Crippen LogP contribution >= 0.6 is 0 Å². The summed E-state index contributed by atoms with van der Waals surface area (Å²) in [7, 11) is 6.64. The average Bonchev–Trinajstić information content (AvgIpc) is 2.73. The molecule has 0 aromatic heterocycles. The van der Waals surface area contributed by atoms with Gasteiger partial charge in [-0.1, -0.05) is 25.5 Å². The van der Waals surface area contributed by atoms with E-state index in [0.717, 1.165) is 34.9 Å². The zero-order valence-electron chi connectivity index (χ0n) is 19.6. The Balaban J connectivity index is 2.73. The lowest BCUT2D eigenvalue weighted by Gasteiger charge is -2.24. The van der Waals surface area contributed by atoms with Crippen LogP contribution in [0.3, 0.4) is 0 Å². The molecule has 30 heavy (non-hydrogen) atoms. The Hall–Kier alpha value is -2.40. The number of ether oxygens (including phenoxy) is 5. The van der Waals surface area contributed by atoms with E-state index in [2.05, 4.69) is 33.8 Å². The summed E-state index contributed by atoms with van der Waals surface area (Å²) in [6, 6.07) is 5.77. The third kappa shape index (κ3) is 5.39. The van der Waals surface area contributed by atoms with Gasteiger partial charge in [-0.05, 0) is 50.8 Å². The van der Waals surface area contributed by atoms with E-state index in [1.165, 1.54) is 5.57 Å². The molecule has 0 aliphatic rings. The molecule has 0 heterocycles. The monoisotopic (exact) mass is 416 g/mol. The van der Waals surface area contributed by atoms with Gasteiger partial charge in [0.15, 0.2) is 0 Å². The maximum Gasteiger partial charge on any atom is 0.136 e. The second-order valence-corrected chi connectivity index (χ2v) is 7.98. The van der Waals surface area contributed by atoms with Crippen molar-refractivity contribution >= 4 is 10.8 Å². The molecule has 0 fully saturated rings. The van der Waals surface area contributed by atoms with Crippen LogP contribution in [0.15, 0.2) is 29.8 Å². The van der Waals surface area contributed by atoms with Crippen molar-refractivity contribution in [3.05, 3.63) is 35.4 Å². The quantitative estimate of drug-likeness (QED) is 0.400. The van der Waals surface area contributed by atoms with E-state index in [9.17, 15) is 0 Å². The average molecular weight is 417 g/mol. The van der Waals surface area contributed by atoms with Gasteiger partial charge in [-0.15, -0.1) is 0 Å². The Bertz CT molecular complexity index is 866. The van der Waals surface area contributed by atoms with Crippen molar-refractivity contribution in [3.63, 3.8) is 0 Å². The molecule has 5 nitrogen and oxygen atoms in total. The van der Waals surface area contributed by atoms with Crippen LogP contribution in [0.4, 0.5) is 0 Å². The molecule has 2 rings (SSSR count). The minimum absolute atomic E-state index is 0.164. The third-order valence-electron chi connectivity index (χ3n) is 5.12. The molecule has 0 N–H and O–H groups in total. The predicted octanol–water partition coefficient (Wildman–Crippen LogP) is 6.33. The van der Waals surface area contributed by atoms with Crippen molar-refractivity contribution in [3.8, 4) is 23.0 Å². The van der Waals surface area contributed by atoms with Crippen LogP contribution in [-0.4, -0.2) is 35.0 Å². The first-order valence-electron chi connectivity index (χ1n) is 10.4. The number of fused-ring (bicyclic) bond motifs is 1. The van der Waals surface area contributed by atoms with Crippen LogP contribution in [-0.2, 0) is 4.74 Å². The summed E-state index contributed by atoms with van der Waals surface area (Å²) in [5.41, 5.74) is 2.19. The van der Waals surface area contributed by atoms with Crippen molar-refractivity contribution in [1.82, 2.24) is 0 Å². The van der Waals surface area contributed by atoms with Crippen LogP contribution in [0, 0.1) is 5.92 Å². The lowest BCUT2D eigenvalue weighted by Crippen LogP contribution is -2.10. The predicted molar refractivity (Wildman–Crippen MR) is 122 cm³/mol. The lowest BCUT2D eigenvalue weighted by atomic mass is 9.96. The Morgan fingerprint density at radius 1 is 0.867 bits per heavy atom. The van der Waals surface area contributed by atoms with Crippen molar-refractivity contribution in [2.24, 2.45) is 5.92 Å². The number of rotatable bonds is 11. The van der Waals surface area contributed by atoms with Crippen LogP contribution in [0.1, 0.15) is 52.2 Å². The summed E-state index contributed by atoms with van der Waals surface area (Å²) >= 11 is 0. The molecule has 166 valence electrons. The molecule has 0 bridgehead atoms. The topological polar surface area (TPSA) is 46.2 Å². The van der Waals surface area contributed by atoms with Gasteiger partial charge in [-0.2, -0.15) is 0 Å². The molecule has 2 aromatic carbocycles. The summed E-state index contributed by atoms with van der Waals surface area (Å²) in [4.78, 5) is 0. The molecule has 2 aromatic rings. The first-order chi connectivity index (χ1) is 14.4. The van der Waals surface area contributed by atoms with Crippen molar-refractivity contribution < 1.29 is 23.7 Å². The largest absolute Gasteiger partial charge is 0.496 e. The van der Waals surface area contributed by atoms with E-state index < -0.39 is 0 Å². The molecule has 0 unspecified atom stereocenters. The Kier molecular flexibility index (Phi) is 8.85. The Morgan fingerprint density at radius 2 is 1.47 bits per heavy atom. The smallest absolute Gasteiger partial charge is 0.136 e. The maximum atomic E-state index is 6.36. The van der Waals surface area contributed by atoms with Crippen LogP contribution in [0.5, 0.6) is 23.0 Å². The molecular formula is C25H36O5. The highest BCUT2D eigenvalue weighted by Gasteiger charge is 2.25. The van der Waals surface area contributed by atoms with E-state index in [1.54, 1.807) is 28.4 Å². The second-order valence-electron chi connectivity index (χ2n) is 7.98. The maximum absolute atomic E-state index is 6.36. The number of methoxy groups -OCH3 is 4. The van der Waals surface area contributed by atoms with E-state index in [1.807, 2.05) is 18.2 Å². The standard InChI is InChI=1S/C25H36O5/c1-16(2)9-10-19(30-14-13-17(3)4)18-15-22(28-7)23-20(26-5)11-12-21(27-6)24(23)25(18)29-8/h9,11-12,15,17,19H,10,13-14H2,1-8H3/t19-/m0/s1. The number of hydrogen-bond donors (Lipinski definition) is 0. The van der Waals surface area contributed by atoms with E-state index >= 15 is 0 Å². The molecule has 0 saturated heterocycles. The molecule has 0 aliphatic heterocycles. The van der Waals surface area contributed by atoms with E-state index in [-0.39, 0.29) is 6.10 Å². The Morgan fingerprint density at radius 3 is 1.97 bits per heavy atom. The summed E-state index contributed by atoms with van der Waals surface area (Å²) in [6.45, 7) is 9.27. The molecule has 0 saturated carbocycles. The van der Waals surface area contributed by atoms with Gasteiger partial charge in [0, 0.05) is 12.2 Å². The third-order valence-corrected chi connectivity index (χ3v) is 5.12. The minimum atomic E-state index is -0.164. The number of hydrogen-bond acceptors (Lipinski definition) is 5. The number of benzene rings is 2. The molecule has 5 heteroatoms. The fraction of sp³-hybridized carbons (Fsp3) is 0.520. The summed E-state index contributed by atoms with van der Waals surface area (Å²) < 4.78 is 29.3. The van der Waals surface area contributed by atoms with Crippen molar-refractivity contribution in [2.75, 3.05) is 35.0 Å². The molecule has 0 aliphatic carbocycles. The fourth-order valence-corrected chi connectivity index (χ4v) is 3.49. The minimum Gasteiger partial charge on any atom is -0.496 e. The van der Waals surface area contributed by atoms with Gasteiger partial charge in [0.2, 0.25) is 0 Å². The highest BCUT2D eigenvalue weighted by atomic mass is 16.5. The summed E-state index contributed by atoms with van der Waals surface area (Å²) in [5, 5.41) is 1.64. The van der Waals surface area contributed by atoms with Gasteiger partial charge in [0.05, 0.1) is 45.3 Å². The van der Waals surface area contributed by atoms with Gasteiger partial charge < -0.3 is 23.7 Å². The van der Waals surface area contributed by atoms with Gasteiger partial charge in [-0.25, -0.2) is 0 Å². The molecule has 1 atom stereocenters. The van der Waals surface area contributed by atoms with Gasteiger partial charge >= 0.3 is 0 Å². The lowest BCUT2D eigenvalue weighted by molar-refractivity contribution is 0.0460. The first-order valence-corrected chi connectivity index (χ1v) is 10.4. The van der Waals surface area contributed by atoms with Crippen LogP contribution in [0.25, 0.3) is 10.8 Å². The SMILES string of the molecule is COc1ccc(OC)c2c(OC)c([C@H](CC=C(C)C)OCCC(C)C)cc(OC)c12. The first kappa shape index (κ1) is 23.9. The van der Waals surface area contributed by atoms with Gasteiger partial charge in [0.1, 0.15) is 23.0 Å². The van der Waals surface area contributed by atoms with E-state index in [4.69, 9.17) is 23.7 Å². The molecule has 0 amide bonds. The van der Waals surface area contributed by atoms with Crippen molar-refractivity contribution in [1.29, 1.82) is 0 Å². The highest BCUT2D eigenvalue weighted by Crippen LogP contribution is 2.48. The summed E-state index contributed by atoms with van der Waals surface area (Å²) in [6.07, 6.45) is 3.77. The normalized spacial score (nSPS) is 12.0. The molecule has 0 spiro atoms. The zero-order chi connectivity index (χ0) is 22.3. The van der Waals surface area contributed by atoms with Crippen LogP contribution < -0.4 is 18.9 Å². The molecular weight excluding hydrogens is 380 g/mol. The van der Waals surface area contributed by atoms with Crippen LogP contribution in [0.2, 0.25) is 0 Å². The number of allylic oxidation sites excluding steroid dienone is 1. The van der Waals surface area contributed by atoms with E-state index in [0.29, 0.717) is 29.8 Å². The zero-order valence-corrected chi connectivity index (χ0v) is 19.6. The van der Waals surface area contributed by atoms with Gasteiger partial charge in [-0.3, -0.25) is 0 Å². The fourth-order valence-electron chi connectivity index (χ4n) is 3.49. The summed E-state index contributed by atoms with van der Waals surface area (Å²) in [5.74, 6) is 3.40. The second kappa shape index (κ2) is 11.1. The van der Waals surface area contributed by atoms with Gasteiger partial charge in [0.25, 0.3) is 0 Å².